The highest BCUT2D eigenvalue weighted by atomic mass is 35.5. The molecule has 4 aliphatic rings. The lowest BCUT2D eigenvalue weighted by atomic mass is 9.48. The minimum Gasteiger partial charge on any atom is -0.457 e. The molecule has 160 valence electrons. The Morgan fingerprint density at radius 1 is 1.23 bits per heavy atom. The van der Waals surface area contributed by atoms with E-state index in [9.17, 15) is 19.2 Å². The van der Waals surface area contributed by atoms with E-state index in [0.29, 0.717) is 29.9 Å². The molecule has 1 saturated carbocycles. The summed E-state index contributed by atoms with van der Waals surface area (Å²) in [7, 11) is 0. The molecule has 0 heterocycles. The predicted octanol–water partition coefficient (Wildman–Crippen LogP) is 4.10. The smallest absolute Gasteiger partial charge is 0.303 e. The van der Waals surface area contributed by atoms with E-state index in [1.54, 1.807) is 6.08 Å². The van der Waals surface area contributed by atoms with E-state index in [4.69, 9.17) is 16.3 Å². The van der Waals surface area contributed by atoms with Crippen LogP contribution < -0.4 is 0 Å². The van der Waals surface area contributed by atoms with Crippen molar-refractivity contribution in [3.05, 3.63) is 33.9 Å². The molecule has 0 N–H and O–H groups in total. The molecule has 0 aromatic carbocycles. The Morgan fingerprint density at radius 3 is 2.60 bits per heavy atom. The Bertz CT molecular complexity index is 970. The lowest BCUT2D eigenvalue weighted by Crippen LogP contribution is -2.54. The maximum atomic E-state index is 13.6. The van der Waals surface area contributed by atoms with Gasteiger partial charge in [0.1, 0.15) is 5.78 Å². The van der Waals surface area contributed by atoms with E-state index in [1.165, 1.54) is 6.92 Å². The van der Waals surface area contributed by atoms with Gasteiger partial charge in [-0.1, -0.05) is 37.1 Å². The summed E-state index contributed by atoms with van der Waals surface area (Å²) in [5.41, 5.74) is 1.32. The van der Waals surface area contributed by atoms with Crippen molar-refractivity contribution in [2.75, 3.05) is 6.61 Å². The molecule has 0 unspecified atom stereocenters. The van der Waals surface area contributed by atoms with Crippen LogP contribution in [0.5, 0.6) is 0 Å². The number of Topliss-reactive ketones (excluding diaryl/α,β-unsaturated/α-hetero) is 2. The van der Waals surface area contributed by atoms with Crippen molar-refractivity contribution in [2.24, 2.45) is 28.6 Å². The average Bonchev–Trinajstić information content (AvgIpc) is 2.91. The average molecular weight is 431 g/mol. The monoisotopic (exact) mass is 430 g/mol. The first-order valence-electron chi connectivity index (χ1n) is 10.5. The van der Waals surface area contributed by atoms with Crippen molar-refractivity contribution < 1.29 is 23.9 Å². The number of hydrogen-bond donors (Lipinski definition) is 0. The van der Waals surface area contributed by atoms with Gasteiger partial charge in [-0.05, 0) is 43.3 Å². The van der Waals surface area contributed by atoms with E-state index in [0.717, 1.165) is 11.1 Å². The first-order valence-corrected chi connectivity index (χ1v) is 10.9. The van der Waals surface area contributed by atoms with Crippen LogP contribution >= 0.6 is 11.6 Å². The zero-order valence-electron chi connectivity index (χ0n) is 17.8. The minimum absolute atomic E-state index is 0.0531. The number of hydrogen-bond acceptors (Lipinski definition) is 5. The van der Waals surface area contributed by atoms with Gasteiger partial charge in [0.2, 0.25) is 0 Å². The summed E-state index contributed by atoms with van der Waals surface area (Å²) in [5, 5.41) is 0.557. The fourth-order valence-electron chi connectivity index (χ4n) is 6.66. The Hall–Kier alpha value is -2.01. The molecule has 0 amide bonds. The Labute approximate surface area is 181 Å². The van der Waals surface area contributed by atoms with Gasteiger partial charge in [-0.2, -0.15) is 0 Å². The quantitative estimate of drug-likeness (QED) is 0.630. The first kappa shape index (κ1) is 21.2. The van der Waals surface area contributed by atoms with E-state index < -0.39 is 16.8 Å². The summed E-state index contributed by atoms with van der Waals surface area (Å²) in [5.74, 6) is -0.809. The van der Waals surface area contributed by atoms with Gasteiger partial charge < -0.3 is 4.74 Å². The topological polar surface area (TPSA) is 77.5 Å². The molecular weight excluding hydrogens is 404 g/mol. The van der Waals surface area contributed by atoms with Gasteiger partial charge in [0.05, 0.1) is 0 Å². The zero-order valence-corrected chi connectivity index (χ0v) is 18.6. The highest BCUT2D eigenvalue weighted by molar-refractivity contribution is 6.32. The van der Waals surface area contributed by atoms with Crippen molar-refractivity contribution in [1.82, 2.24) is 0 Å². The number of allylic oxidation sites excluding steroid dienone is 5. The number of ketones is 3. The molecule has 0 radical (unpaired) electrons. The molecule has 0 spiro atoms. The van der Waals surface area contributed by atoms with Crippen LogP contribution in [0.1, 0.15) is 53.4 Å². The number of carbonyl (C=O) groups excluding carboxylic acids is 4. The van der Waals surface area contributed by atoms with Gasteiger partial charge in [-0.3, -0.25) is 19.2 Å². The van der Waals surface area contributed by atoms with Gasteiger partial charge in [0.25, 0.3) is 0 Å². The molecule has 0 saturated heterocycles. The normalized spacial score (nSPS) is 37.7. The van der Waals surface area contributed by atoms with Crippen molar-refractivity contribution in [3.8, 4) is 0 Å². The molecule has 0 bridgehead atoms. The SMILES string of the molecule is CC(=O)OCC(=O)C1=C(C)C[C@H]2[C@@H]3C=C(Cl)C4=CC(=O)CC[C@]4(C)[C@H]3C(=O)C[C@]12C. The maximum Gasteiger partial charge on any atom is 0.303 e. The van der Waals surface area contributed by atoms with Crippen LogP contribution in [0.25, 0.3) is 0 Å². The van der Waals surface area contributed by atoms with Gasteiger partial charge in [-0.15, -0.1) is 0 Å². The second-order valence-corrected chi connectivity index (χ2v) is 10.1. The number of carbonyl (C=O) groups is 4. The molecule has 4 rings (SSSR count). The fourth-order valence-corrected chi connectivity index (χ4v) is 7.07. The van der Waals surface area contributed by atoms with Crippen LogP contribution in [0, 0.1) is 28.6 Å². The molecule has 4 aliphatic carbocycles. The van der Waals surface area contributed by atoms with E-state index in [1.807, 2.05) is 19.9 Å². The van der Waals surface area contributed by atoms with E-state index in [2.05, 4.69) is 6.92 Å². The summed E-state index contributed by atoms with van der Waals surface area (Å²) >= 11 is 6.66. The van der Waals surface area contributed by atoms with E-state index >= 15 is 0 Å². The molecule has 0 aromatic heterocycles. The second kappa shape index (κ2) is 7.01. The van der Waals surface area contributed by atoms with Crippen molar-refractivity contribution in [3.63, 3.8) is 0 Å². The van der Waals surface area contributed by atoms with Crippen LogP contribution in [0.3, 0.4) is 0 Å². The third kappa shape index (κ3) is 2.96. The second-order valence-electron chi connectivity index (χ2n) is 9.74. The Morgan fingerprint density at radius 2 is 1.93 bits per heavy atom. The van der Waals surface area contributed by atoms with Gasteiger partial charge >= 0.3 is 5.97 Å². The lowest BCUT2D eigenvalue weighted by Gasteiger charge is -2.54. The first-order chi connectivity index (χ1) is 14.0. The highest BCUT2D eigenvalue weighted by Crippen LogP contribution is 2.65. The minimum atomic E-state index is -0.602. The van der Waals surface area contributed by atoms with Crippen molar-refractivity contribution in [2.45, 2.75) is 53.4 Å². The van der Waals surface area contributed by atoms with Crippen molar-refractivity contribution in [1.29, 1.82) is 0 Å². The van der Waals surface area contributed by atoms with E-state index in [-0.39, 0.29) is 48.1 Å². The zero-order chi connectivity index (χ0) is 22.0. The summed E-state index contributed by atoms with van der Waals surface area (Å²) < 4.78 is 4.96. The van der Waals surface area contributed by atoms with Crippen LogP contribution in [-0.4, -0.2) is 29.9 Å². The molecule has 1 fully saturated rings. The maximum absolute atomic E-state index is 13.6. The largest absolute Gasteiger partial charge is 0.457 e. The Balaban J connectivity index is 1.75. The summed E-state index contributed by atoms with van der Waals surface area (Å²) in [6.07, 6.45) is 5.59. The third-order valence-corrected chi connectivity index (χ3v) is 8.19. The van der Waals surface area contributed by atoms with Crippen LogP contribution in [-0.2, 0) is 23.9 Å². The van der Waals surface area contributed by atoms with Crippen LogP contribution in [0.2, 0.25) is 0 Å². The molecular formula is C24H27ClO5. The number of esters is 1. The lowest BCUT2D eigenvalue weighted by molar-refractivity contribution is -0.146. The fraction of sp³-hybridized carbons (Fsp3) is 0.583. The molecule has 0 aromatic rings. The molecule has 0 aliphatic heterocycles. The summed E-state index contributed by atoms with van der Waals surface area (Å²) in [6, 6.07) is 0. The standard InChI is InChI=1S/C24H27ClO5/c1-12-7-16-15-9-18(25)17-8-14(27)5-6-23(17,3)22(15)19(28)10-24(16,4)21(12)20(29)11-30-13(2)26/h8-9,15-16,22H,5-7,10-11H2,1-4H3/t15-,16-,22+,23-,24-/m0/s1. The van der Waals surface area contributed by atoms with Gasteiger partial charge in [0, 0.05) is 47.1 Å². The van der Waals surface area contributed by atoms with Gasteiger partial charge in [-0.25, -0.2) is 0 Å². The molecule has 5 nitrogen and oxygen atoms in total. The summed E-state index contributed by atoms with van der Waals surface area (Å²) in [6.45, 7) is 6.96. The molecule has 30 heavy (non-hydrogen) atoms. The Kier molecular flexibility index (Phi) is 4.96. The highest BCUT2D eigenvalue weighted by Gasteiger charge is 2.61. The predicted molar refractivity (Wildman–Crippen MR) is 112 cm³/mol. The summed E-state index contributed by atoms with van der Waals surface area (Å²) in [4.78, 5) is 49.7. The third-order valence-electron chi connectivity index (χ3n) is 7.86. The van der Waals surface area contributed by atoms with Crippen molar-refractivity contribution >= 4 is 34.9 Å². The van der Waals surface area contributed by atoms with Crippen LogP contribution in [0.15, 0.2) is 33.9 Å². The molecule has 6 heteroatoms. The van der Waals surface area contributed by atoms with Gasteiger partial charge in [0.15, 0.2) is 18.2 Å². The number of fused-ring (bicyclic) bond motifs is 5. The number of rotatable bonds is 3. The molecule has 5 atom stereocenters. The number of halogens is 1. The van der Waals surface area contributed by atoms with Crippen LogP contribution in [0.4, 0.5) is 0 Å². The number of ether oxygens (including phenoxy) is 1.